The summed E-state index contributed by atoms with van der Waals surface area (Å²) in [7, 11) is 1.39. The van der Waals surface area contributed by atoms with Crippen LogP contribution in [-0.4, -0.2) is 19.2 Å². The molecule has 35 heavy (non-hydrogen) atoms. The van der Waals surface area contributed by atoms with Crippen molar-refractivity contribution in [3.8, 4) is 16.9 Å². The number of thiophene rings is 1. The largest absolute Gasteiger partial charge is 0.478 e. The average Bonchev–Trinajstić information content (AvgIpc) is 3.19. The second kappa shape index (κ2) is 9.84. The summed E-state index contributed by atoms with van der Waals surface area (Å²) in [5.74, 6) is 0.249. The van der Waals surface area contributed by atoms with E-state index >= 15 is 0 Å². The Balaban J connectivity index is 1.55. The van der Waals surface area contributed by atoms with Gasteiger partial charge in [-0.05, 0) is 74.9 Å². The van der Waals surface area contributed by atoms with Crippen LogP contribution in [0.15, 0.2) is 83.3 Å². The Labute approximate surface area is 217 Å². The van der Waals surface area contributed by atoms with E-state index in [1.165, 1.54) is 44.0 Å². The molecule has 0 bridgehead atoms. The van der Waals surface area contributed by atoms with Crippen LogP contribution in [0, 0.1) is 13.8 Å². The second-order valence-electron chi connectivity index (χ2n) is 8.57. The summed E-state index contributed by atoms with van der Waals surface area (Å²) in [5.41, 5.74) is 4.66. The molecular formula is C30H25BrO3S. The standard InChI is InChI=1S/C30H25BrO3S/c1-18-19(2)35-29-26(18)27(23-11-7-8-12-24(23)28(29)31)21-13-15-22(16-14-21)34-25(30(32)33-3)17-20-9-5-4-6-10-20/h4-16,25H,17H2,1-3H3. The number of benzene rings is 4. The normalized spacial score (nSPS) is 12.1. The van der Waals surface area contributed by atoms with E-state index in [0.717, 1.165) is 15.6 Å². The van der Waals surface area contributed by atoms with Crippen LogP contribution in [0.5, 0.6) is 5.75 Å². The van der Waals surface area contributed by atoms with Gasteiger partial charge in [0, 0.05) is 21.2 Å². The van der Waals surface area contributed by atoms with E-state index in [9.17, 15) is 4.79 Å². The van der Waals surface area contributed by atoms with Gasteiger partial charge in [0.15, 0.2) is 6.10 Å². The summed E-state index contributed by atoms with van der Waals surface area (Å²) in [6.07, 6.45) is -0.268. The Morgan fingerprint density at radius 1 is 0.914 bits per heavy atom. The summed E-state index contributed by atoms with van der Waals surface area (Å²) < 4.78 is 13.5. The second-order valence-corrected chi connectivity index (χ2v) is 10.6. The average molecular weight is 545 g/mol. The Hall–Kier alpha value is -3.15. The summed E-state index contributed by atoms with van der Waals surface area (Å²) in [6.45, 7) is 4.37. The molecule has 3 nitrogen and oxygen atoms in total. The zero-order valence-electron chi connectivity index (χ0n) is 19.8. The number of ether oxygens (including phenoxy) is 2. The van der Waals surface area contributed by atoms with Gasteiger partial charge < -0.3 is 9.47 Å². The van der Waals surface area contributed by atoms with Crippen LogP contribution in [0.25, 0.3) is 32.0 Å². The van der Waals surface area contributed by atoms with Crippen LogP contribution in [0.2, 0.25) is 0 Å². The lowest BCUT2D eigenvalue weighted by Gasteiger charge is -2.18. The maximum atomic E-state index is 12.4. The number of methoxy groups -OCH3 is 1. The zero-order chi connectivity index (χ0) is 24.5. The van der Waals surface area contributed by atoms with Crippen molar-refractivity contribution >= 4 is 54.1 Å². The molecule has 176 valence electrons. The monoisotopic (exact) mass is 544 g/mol. The molecule has 0 spiro atoms. The molecule has 5 heteroatoms. The van der Waals surface area contributed by atoms with Crippen molar-refractivity contribution in [2.75, 3.05) is 7.11 Å². The summed E-state index contributed by atoms with van der Waals surface area (Å²) in [4.78, 5) is 13.7. The van der Waals surface area contributed by atoms with E-state index in [1.807, 2.05) is 53.8 Å². The van der Waals surface area contributed by atoms with Gasteiger partial charge in [-0.2, -0.15) is 0 Å². The topological polar surface area (TPSA) is 35.5 Å². The summed E-state index contributed by atoms with van der Waals surface area (Å²) in [5, 5.41) is 3.69. The van der Waals surface area contributed by atoms with Gasteiger partial charge in [-0.15, -0.1) is 11.3 Å². The zero-order valence-corrected chi connectivity index (χ0v) is 22.2. The first kappa shape index (κ1) is 23.6. The van der Waals surface area contributed by atoms with Gasteiger partial charge in [0.2, 0.25) is 0 Å². The molecule has 0 N–H and O–H groups in total. The van der Waals surface area contributed by atoms with Gasteiger partial charge in [-0.25, -0.2) is 4.79 Å². The Morgan fingerprint density at radius 2 is 1.57 bits per heavy atom. The fourth-order valence-corrected chi connectivity index (χ4v) is 6.43. The molecule has 4 aromatic carbocycles. The molecule has 0 fully saturated rings. The van der Waals surface area contributed by atoms with Crippen LogP contribution < -0.4 is 4.74 Å². The van der Waals surface area contributed by atoms with E-state index in [4.69, 9.17) is 9.47 Å². The third-order valence-electron chi connectivity index (χ3n) is 6.42. The molecule has 0 aliphatic rings. The Kier molecular flexibility index (Phi) is 6.63. The highest BCUT2D eigenvalue weighted by Crippen LogP contribution is 2.47. The highest BCUT2D eigenvalue weighted by Gasteiger charge is 2.23. The Bertz CT molecular complexity index is 1520. The van der Waals surface area contributed by atoms with E-state index in [2.05, 4.69) is 66.2 Å². The van der Waals surface area contributed by atoms with Crippen LogP contribution in [0.1, 0.15) is 16.0 Å². The highest BCUT2D eigenvalue weighted by atomic mass is 79.9. The van der Waals surface area contributed by atoms with Crippen LogP contribution >= 0.6 is 27.3 Å². The van der Waals surface area contributed by atoms with Gasteiger partial charge in [0.1, 0.15) is 5.75 Å². The third kappa shape index (κ3) is 4.46. The fourth-order valence-electron chi connectivity index (χ4n) is 4.53. The van der Waals surface area contributed by atoms with Crippen molar-refractivity contribution in [2.24, 2.45) is 0 Å². The molecule has 5 rings (SSSR count). The maximum absolute atomic E-state index is 12.4. The molecule has 0 saturated heterocycles. The molecule has 0 aliphatic heterocycles. The summed E-state index contributed by atoms with van der Waals surface area (Å²) in [6, 6.07) is 26.4. The van der Waals surface area contributed by atoms with Gasteiger partial charge >= 0.3 is 5.97 Å². The van der Waals surface area contributed by atoms with E-state index < -0.39 is 6.10 Å². The third-order valence-corrected chi connectivity index (χ3v) is 8.73. The lowest BCUT2D eigenvalue weighted by molar-refractivity contribution is -0.148. The predicted octanol–water partition coefficient (Wildman–Crippen LogP) is 8.26. The first-order chi connectivity index (χ1) is 17.0. The molecule has 0 radical (unpaired) electrons. The minimum atomic E-state index is -0.713. The molecule has 0 saturated carbocycles. The van der Waals surface area contributed by atoms with Crippen LogP contribution in [0.4, 0.5) is 0 Å². The van der Waals surface area contributed by atoms with Crippen LogP contribution in [-0.2, 0) is 16.0 Å². The highest BCUT2D eigenvalue weighted by molar-refractivity contribution is 9.11. The molecule has 0 aliphatic carbocycles. The molecule has 1 aromatic heterocycles. The van der Waals surface area contributed by atoms with Gasteiger partial charge in [0.25, 0.3) is 0 Å². The van der Waals surface area contributed by atoms with Crippen LogP contribution in [0.3, 0.4) is 0 Å². The molecular weight excluding hydrogens is 520 g/mol. The van der Waals surface area contributed by atoms with E-state index in [0.29, 0.717) is 12.2 Å². The van der Waals surface area contributed by atoms with Gasteiger partial charge in [-0.1, -0.05) is 66.7 Å². The van der Waals surface area contributed by atoms with Crippen molar-refractivity contribution in [3.63, 3.8) is 0 Å². The van der Waals surface area contributed by atoms with Crippen molar-refractivity contribution in [1.82, 2.24) is 0 Å². The molecule has 1 heterocycles. The maximum Gasteiger partial charge on any atom is 0.347 e. The molecule has 1 atom stereocenters. The molecule has 0 amide bonds. The number of hydrogen-bond donors (Lipinski definition) is 0. The number of carbonyl (C=O) groups is 1. The van der Waals surface area contributed by atoms with Crippen molar-refractivity contribution < 1.29 is 14.3 Å². The lowest BCUT2D eigenvalue weighted by Crippen LogP contribution is -2.30. The number of aryl methyl sites for hydroxylation is 2. The first-order valence-electron chi connectivity index (χ1n) is 11.5. The molecule has 5 aromatic rings. The predicted molar refractivity (Wildman–Crippen MR) is 149 cm³/mol. The van der Waals surface area contributed by atoms with E-state index in [1.54, 1.807) is 0 Å². The minimum Gasteiger partial charge on any atom is -0.478 e. The van der Waals surface area contributed by atoms with Crippen molar-refractivity contribution in [3.05, 3.63) is 99.3 Å². The number of rotatable bonds is 6. The van der Waals surface area contributed by atoms with E-state index in [-0.39, 0.29) is 5.97 Å². The number of carbonyl (C=O) groups excluding carboxylic acids is 1. The first-order valence-corrected chi connectivity index (χ1v) is 13.1. The molecule has 1 unspecified atom stereocenters. The van der Waals surface area contributed by atoms with Gasteiger partial charge in [-0.3, -0.25) is 0 Å². The number of fused-ring (bicyclic) bond motifs is 2. The van der Waals surface area contributed by atoms with Crippen molar-refractivity contribution in [1.29, 1.82) is 0 Å². The van der Waals surface area contributed by atoms with Gasteiger partial charge in [0.05, 0.1) is 11.8 Å². The quantitative estimate of drug-likeness (QED) is 0.202. The summed E-state index contributed by atoms with van der Waals surface area (Å²) >= 11 is 5.69. The fraction of sp³-hybridized carbons (Fsp3) is 0.167. The van der Waals surface area contributed by atoms with Crippen molar-refractivity contribution in [2.45, 2.75) is 26.4 Å². The smallest absolute Gasteiger partial charge is 0.347 e. The number of hydrogen-bond acceptors (Lipinski definition) is 4. The SMILES string of the molecule is COC(=O)C(Cc1ccccc1)Oc1ccc(-c2c3ccccc3c(Br)c3sc(C)c(C)c23)cc1. The lowest BCUT2D eigenvalue weighted by atomic mass is 9.93. The minimum absolute atomic E-state index is 0.386. The number of esters is 1. The Morgan fingerprint density at radius 3 is 2.26 bits per heavy atom. The number of halogens is 1.